The van der Waals surface area contributed by atoms with Gasteiger partial charge in [0.2, 0.25) is 0 Å². The van der Waals surface area contributed by atoms with Gasteiger partial charge in [-0.3, -0.25) is 9.78 Å². The van der Waals surface area contributed by atoms with Crippen LogP contribution in [0.2, 0.25) is 0 Å². The number of ether oxygens (including phenoxy) is 2. The zero-order chi connectivity index (χ0) is 19.0. The van der Waals surface area contributed by atoms with E-state index in [-0.39, 0.29) is 43.5 Å². The van der Waals surface area contributed by atoms with Crippen molar-refractivity contribution in [2.24, 2.45) is 0 Å². The second-order valence-electron chi connectivity index (χ2n) is 6.78. The Morgan fingerprint density at radius 3 is 2.41 bits per heavy atom. The Bertz CT molecular complexity index is 728. The summed E-state index contributed by atoms with van der Waals surface area (Å²) in [7, 11) is 0. The first-order valence-electron chi connectivity index (χ1n) is 8.43. The number of aromatic nitrogens is 1. The summed E-state index contributed by atoms with van der Waals surface area (Å²) in [4.78, 5) is 27.3. The Morgan fingerprint density at radius 1 is 1.11 bits per heavy atom. The van der Waals surface area contributed by atoms with Crippen molar-refractivity contribution >= 4 is 11.9 Å². The Labute approximate surface area is 165 Å². The molecule has 0 unspecified atom stereocenters. The summed E-state index contributed by atoms with van der Waals surface area (Å²) in [6, 6.07) is 11.0. The van der Waals surface area contributed by atoms with Crippen LogP contribution in [-0.2, 0) is 14.9 Å². The molecule has 0 atom stereocenters. The predicted molar refractivity (Wildman–Crippen MR) is 98.2 cm³/mol. The maximum atomic E-state index is 11.8. The van der Waals surface area contributed by atoms with Crippen molar-refractivity contribution < 1.29 is 31.5 Å². The molecule has 1 aromatic carbocycles. The van der Waals surface area contributed by atoms with Gasteiger partial charge >= 0.3 is 5.97 Å². The van der Waals surface area contributed by atoms with Crippen LogP contribution in [0, 0.1) is 0 Å². The Kier molecular flexibility index (Phi) is 8.75. The average molecular weight is 392 g/mol. The van der Waals surface area contributed by atoms with E-state index in [0.717, 1.165) is 0 Å². The lowest BCUT2D eigenvalue weighted by Crippen LogP contribution is -3.00. The number of pyridine rings is 1. The Hall–Kier alpha value is -2.60. The molecule has 0 saturated carbocycles. The Balaban J connectivity index is 0.00000364. The zero-order valence-corrected chi connectivity index (χ0v) is 16.5. The summed E-state index contributed by atoms with van der Waals surface area (Å²) in [5.74, 6) is -0.135. The van der Waals surface area contributed by atoms with Crippen molar-refractivity contribution in [3.63, 3.8) is 0 Å². The van der Waals surface area contributed by atoms with Gasteiger partial charge in [-0.1, -0.05) is 32.9 Å². The van der Waals surface area contributed by atoms with Crippen LogP contribution in [0.5, 0.6) is 5.75 Å². The minimum Gasteiger partial charge on any atom is -1.00 e. The zero-order valence-electron chi connectivity index (χ0n) is 15.7. The lowest BCUT2D eigenvalue weighted by molar-refractivity contribution is -0.145. The maximum Gasteiger partial charge on any atom is 0.344 e. The van der Waals surface area contributed by atoms with Gasteiger partial charge in [0.25, 0.3) is 5.91 Å². The molecule has 0 spiro atoms. The van der Waals surface area contributed by atoms with Gasteiger partial charge in [-0.25, -0.2) is 4.79 Å². The van der Waals surface area contributed by atoms with E-state index < -0.39 is 5.97 Å². The van der Waals surface area contributed by atoms with Gasteiger partial charge in [0.05, 0.1) is 12.1 Å². The molecule has 2 rings (SSSR count). The summed E-state index contributed by atoms with van der Waals surface area (Å²) < 4.78 is 10.4. The quantitative estimate of drug-likeness (QED) is 0.519. The maximum absolute atomic E-state index is 11.8. The normalized spacial score (nSPS) is 10.5. The first-order chi connectivity index (χ1) is 12.4. The number of carbonyl (C=O) groups is 2. The summed E-state index contributed by atoms with van der Waals surface area (Å²) in [6.45, 7) is 6.52. The monoisotopic (exact) mass is 391 g/mol. The topological polar surface area (TPSA) is 77.5 Å². The number of hydrogen-bond acceptors (Lipinski definition) is 5. The number of halogens is 1. The summed E-state index contributed by atoms with van der Waals surface area (Å²) in [5, 5.41) is 2.65. The molecule has 1 heterocycles. The minimum absolute atomic E-state index is 0. The molecule has 1 aromatic heterocycles. The van der Waals surface area contributed by atoms with E-state index in [9.17, 15) is 9.59 Å². The van der Waals surface area contributed by atoms with Crippen LogP contribution in [-0.4, -0.2) is 36.6 Å². The molecule has 6 nitrogen and oxygen atoms in total. The highest BCUT2D eigenvalue weighted by Gasteiger charge is 2.13. The number of amides is 1. The molecule has 1 N–H and O–H groups in total. The van der Waals surface area contributed by atoms with Gasteiger partial charge < -0.3 is 27.2 Å². The highest BCUT2D eigenvalue weighted by molar-refractivity contribution is 5.93. The number of rotatable bonds is 7. The van der Waals surface area contributed by atoms with Crippen LogP contribution < -0.4 is 22.5 Å². The third-order valence-corrected chi connectivity index (χ3v) is 3.65. The molecule has 146 valence electrons. The van der Waals surface area contributed by atoms with Crippen LogP contribution in [0.15, 0.2) is 48.8 Å². The second kappa shape index (κ2) is 10.5. The lowest BCUT2D eigenvalue weighted by atomic mass is 9.87. The fourth-order valence-electron chi connectivity index (χ4n) is 2.16. The van der Waals surface area contributed by atoms with E-state index in [0.29, 0.717) is 11.3 Å². The van der Waals surface area contributed by atoms with Crippen LogP contribution in [0.1, 0.15) is 36.7 Å². The van der Waals surface area contributed by atoms with Crippen molar-refractivity contribution in [2.45, 2.75) is 26.2 Å². The SMILES string of the molecule is CC(C)(C)c1ccc(OCC(=O)OCCNC(=O)c2cccnc2)cc1.[Cl-]. The Morgan fingerprint density at radius 2 is 1.81 bits per heavy atom. The van der Waals surface area contributed by atoms with E-state index in [1.165, 1.54) is 11.8 Å². The molecule has 2 aromatic rings. The van der Waals surface area contributed by atoms with Gasteiger partial charge in [-0.05, 0) is 35.2 Å². The van der Waals surface area contributed by atoms with E-state index in [4.69, 9.17) is 9.47 Å². The first-order valence-corrected chi connectivity index (χ1v) is 8.43. The fraction of sp³-hybridized carbons (Fsp3) is 0.350. The number of nitrogens with zero attached hydrogens (tertiary/aromatic N) is 1. The summed E-state index contributed by atoms with van der Waals surface area (Å²) in [6.07, 6.45) is 3.06. The molecule has 0 saturated heterocycles. The molecule has 0 radical (unpaired) electrons. The molecule has 0 aliphatic heterocycles. The molecular formula is C20H24ClN2O4-. The molecule has 0 aliphatic carbocycles. The molecule has 1 amide bonds. The number of hydrogen-bond donors (Lipinski definition) is 1. The number of esters is 1. The van der Waals surface area contributed by atoms with E-state index in [1.807, 2.05) is 24.3 Å². The standard InChI is InChI=1S/C20H24N2O4.ClH/c1-20(2,3)16-6-8-17(9-7-16)26-14-18(23)25-12-11-22-19(24)15-5-4-10-21-13-15;/h4-10,13H,11-12,14H2,1-3H3,(H,22,24);1H/p-1. The highest BCUT2D eigenvalue weighted by Crippen LogP contribution is 2.24. The summed E-state index contributed by atoms with van der Waals surface area (Å²) >= 11 is 0. The second-order valence-corrected chi connectivity index (χ2v) is 6.78. The molecule has 27 heavy (non-hydrogen) atoms. The van der Waals surface area contributed by atoms with Gasteiger partial charge in [0.15, 0.2) is 6.61 Å². The van der Waals surface area contributed by atoms with E-state index >= 15 is 0 Å². The minimum atomic E-state index is -0.486. The molecule has 7 heteroatoms. The van der Waals surface area contributed by atoms with Crippen LogP contribution >= 0.6 is 0 Å². The van der Waals surface area contributed by atoms with E-state index in [2.05, 4.69) is 31.1 Å². The molecular weight excluding hydrogens is 368 g/mol. The van der Waals surface area contributed by atoms with E-state index in [1.54, 1.807) is 18.3 Å². The third-order valence-electron chi connectivity index (χ3n) is 3.65. The van der Waals surface area contributed by atoms with Gasteiger partial charge in [0, 0.05) is 12.4 Å². The average Bonchev–Trinajstić information content (AvgIpc) is 2.63. The van der Waals surface area contributed by atoms with Crippen LogP contribution in [0.25, 0.3) is 0 Å². The largest absolute Gasteiger partial charge is 1.00 e. The van der Waals surface area contributed by atoms with Crippen molar-refractivity contribution in [2.75, 3.05) is 19.8 Å². The lowest BCUT2D eigenvalue weighted by Gasteiger charge is -2.19. The molecule has 0 fully saturated rings. The third kappa shape index (κ3) is 7.66. The first kappa shape index (κ1) is 22.4. The van der Waals surface area contributed by atoms with Crippen molar-refractivity contribution in [1.29, 1.82) is 0 Å². The predicted octanol–water partition coefficient (Wildman–Crippen LogP) is -0.265. The van der Waals surface area contributed by atoms with Gasteiger partial charge in [-0.2, -0.15) is 0 Å². The van der Waals surface area contributed by atoms with Crippen LogP contribution in [0.3, 0.4) is 0 Å². The summed E-state index contributed by atoms with van der Waals surface area (Å²) in [5.41, 5.74) is 1.72. The highest BCUT2D eigenvalue weighted by atomic mass is 35.5. The molecule has 0 aliphatic rings. The van der Waals surface area contributed by atoms with Gasteiger partial charge in [-0.15, -0.1) is 0 Å². The van der Waals surface area contributed by atoms with Crippen molar-refractivity contribution in [1.82, 2.24) is 10.3 Å². The smallest absolute Gasteiger partial charge is 0.344 e. The van der Waals surface area contributed by atoms with Crippen molar-refractivity contribution in [3.8, 4) is 5.75 Å². The number of benzene rings is 1. The number of nitrogens with one attached hydrogen (secondary N) is 1. The van der Waals surface area contributed by atoms with Crippen LogP contribution in [0.4, 0.5) is 0 Å². The van der Waals surface area contributed by atoms with Crippen molar-refractivity contribution in [3.05, 3.63) is 59.9 Å². The number of carbonyl (C=O) groups excluding carboxylic acids is 2. The molecule has 0 bridgehead atoms. The fourth-order valence-corrected chi connectivity index (χ4v) is 2.16. The van der Waals surface area contributed by atoms with Gasteiger partial charge in [0.1, 0.15) is 12.4 Å².